The molecule has 0 aliphatic rings. The van der Waals surface area contributed by atoms with Crippen LogP contribution in [0.15, 0.2) is 82.8 Å². The summed E-state index contributed by atoms with van der Waals surface area (Å²) >= 11 is 5.97. The molecule has 0 atom stereocenters. The van der Waals surface area contributed by atoms with Crippen molar-refractivity contribution in [3.63, 3.8) is 0 Å². The number of rotatable bonds is 11. The van der Waals surface area contributed by atoms with E-state index in [2.05, 4.69) is 10.5 Å². The van der Waals surface area contributed by atoms with Crippen LogP contribution >= 0.6 is 11.6 Å². The molecule has 0 saturated carbocycles. The lowest BCUT2D eigenvalue weighted by molar-refractivity contribution is -0.157. The van der Waals surface area contributed by atoms with Crippen molar-refractivity contribution in [3.05, 3.63) is 83.4 Å². The fourth-order valence-corrected chi connectivity index (χ4v) is 4.85. The fraction of sp³-hybridized carbons (Fsp3) is 0.250. The number of anilines is 1. The Morgan fingerprint density at radius 3 is 2.12 bits per heavy atom. The molecule has 0 heterocycles. The molecule has 0 saturated heterocycles. The second kappa shape index (κ2) is 13.3. The Balaban J connectivity index is 1.65. The molecule has 0 aromatic heterocycles. The molecule has 0 aliphatic carbocycles. The largest absolute Gasteiger partial charge is 0.497 e. The average molecular weight is 588 g/mol. The van der Waals surface area contributed by atoms with Gasteiger partial charge in [-0.05, 0) is 99.1 Å². The Morgan fingerprint density at radius 2 is 1.55 bits per heavy atom. The van der Waals surface area contributed by atoms with Crippen LogP contribution in [0.3, 0.4) is 0 Å². The Hall–Kier alpha value is -4.09. The van der Waals surface area contributed by atoms with Crippen LogP contribution in [0, 0.1) is 0 Å². The second-order valence-electron chi connectivity index (χ2n) is 9.40. The van der Waals surface area contributed by atoms with Crippen LogP contribution < -0.4 is 19.2 Å². The molecule has 3 aromatic rings. The van der Waals surface area contributed by atoms with E-state index in [0.717, 1.165) is 4.31 Å². The van der Waals surface area contributed by atoms with Crippen molar-refractivity contribution in [1.29, 1.82) is 0 Å². The molecule has 0 fully saturated rings. The van der Waals surface area contributed by atoms with E-state index in [-0.39, 0.29) is 17.2 Å². The van der Waals surface area contributed by atoms with Crippen molar-refractivity contribution in [1.82, 2.24) is 5.43 Å². The minimum Gasteiger partial charge on any atom is -0.497 e. The van der Waals surface area contributed by atoms with E-state index in [9.17, 15) is 18.0 Å². The van der Waals surface area contributed by atoms with Gasteiger partial charge in [0.15, 0.2) is 6.61 Å². The van der Waals surface area contributed by atoms with Gasteiger partial charge in [-0.2, -0.15) is 5.10 Å². The predicted octanol–water partition coefficient (Wildman–Crippen LogP) is 4.41. The summed E-state index contributed by atoms with van der Waals surface area (Å²) < 4.78 is 43.6. The van der Waals surface area contributed by atoms with Crippen LogP contribution in [0.1, 0.15) is 26.3 Å². The van der Waals surface area contributed by atoms with Gasteiger partial charge in [-0.25, -0.2) is 18.6 Å². The van der Waals surface area contributed by atoms with E-state index in [1.54, 1.807) is 45.0 Å². The number of sulfonamides is 1. The number of carbonyl (C=O) groups excluding carboxylic acids is 2. The standard InChI is InChI=1S/C28H30ClN3O7S/c1-28(2,3)39-27(34)19-38-24-11-5-20(6-12-24)17-30-31-26(33)18-32(22-9-7-21(29)8-10-22)40(35,36)25-15-13-23(37-4)14-16-25/h5-17H,18-19H2,1-4H3,(H,31,33)/b30-17+. The van der Waals surface area contributed by atoms with Gasteiger partial charge in [0.2, 0.25) is 0 Å². The number of benzene rings is 3. The van der Waals surface area contributed by atoms with E-state index in [4.69, 9.17) is 25.8 Å². The summed E-state index contributed by atoms with van der Waals surface area (Å²) in [6.07, 6.45) is 1.39. The van der Waals surface area contributed by atoms with E-state index in [1.165, 1.54) is 61.9 Å². The van der Waals surface area contributed by atoms with Crippen molar-refractivity contribution in [3.8, 4) is 11.5 Å². The first-order valence-corrected chi connectivity index (χ1v) is 13.9. The van der Waals surface area contributed by atoms with E-state index in [1.807, 2.05) is 0 Å². The third-order valence-corrected chi connectivity index (χ3v) is 7.15. The first-order chi connectivity index (χ1) is 18.9. The van der Waals surface area contributed by atoms with Crippen LogP contribution in [0.5, 0.6) is 11.5 Å². The van der Waals surface area contributed by atoms with Crippen molar-refractivity contribution in [2.75, 3.05) is 24.6 Å². The molecule has 0 unspecified atom stereocenters. The summed E-state index contributed by atoms with van der Waals surface area (Å²) in [6, 6.07) is 18.5. The number of hydrazone groups is 1. The number of halogens is 1. The van der Waals surface area contributed by atoms with Gasteiger partial charge in [0, 0.05) is 5.02 Å². The van der Waals surface area contributed by atoms with Gasteiger partial charge >= 0.3 is 5.97 Å². The highest BCUT2D eigenvalue weighted by molar-refractivity contribution is 7.92. The number of esters is 1. The quantitative estimate of drug-likeness (QED) is 0.200. The molecule has 0 bridgehead atoms. The predicted molar refractivity (Wildman–Crippen MR) is 152 cm³/mol. The number of hydrogen-bond acceptors (Lipinski definition) is 8. The van der Waals surface area contributed by atoms with Gasteiger partial charge in [0.1, 0.15) is 23.6 Å². The van der Waals surface area contributed by atoms with Crippen LogP contribution in [0.25, 0.3) is 0 Å². The second-order valence-corrected chi connectivity index (χ2v) is 11.7. The number of nitrogens with one attached hydrogen (secondary N) is 1. The van der Waals surface area contributed by atoms with Crippen LogP contribution in [-0.2, 0) is 24.3 Å². The Labute approximate surface area is 238 Å². The summed E-state index contributed by atoms with van der Waals surface area (Å²) in [4.78, 5) is 24.5. The molecular weight excluding hydrogens is 558 g/mol. The minimum atomic E-state index is -4.12. The molecule has 12 heteroatoms. The molecule has 10 nitrogen and oxygen atoms in total. The van der Waals surface area contributed by atoms with Crippen LogP contribution in [0.4, 0.5) is 5.69 Å². The molecule has 0 radical (unpaired) electrons. The zero-order chi connectivity index (χ0) is 29.3. The number of methoxy groups -OCH3 is 1. The third kappa shape index (κ3) is 8.99. The lowest BCUT2D eigenvalue weighted by Crippen LogP contribution is -2.39. The average Bonchev–Trinajstić information content (AvgIpc) is 2.91. The zero-order valence-corrected chi connectivity index (χ0v) is 24.0. The van der Waals surface area contributed by atoms with Gasteiger partial charge in [-0.1, -0.05) is 11.6 Å². The summed E-state index contributed by atoms with van der Waals surface area (Å²) in [7, 11) is -2.64. The smallest absolute Gasteiger partial charge is 0.344 e. The fourth-order valence-electron chi connectivity index (χ4n) is 3.31. The maximum absolute atomic E-state index is 13.4. The van der Waals surface area contributed by atoms with Crippen molar-refractivity contribution in [2.24, 2.45) is 5.10 Å². The molecule has 1 amide bonds. The van der Waals surface area contributed by atoms with Crippen molar-refractivity contribution in [2.45, 2.75) is 31.3 Å². The first kappa shape index (κ1) is 30.5. The molecule has 212 valence electrons. The molecule has 40 heavy (non-hydrogen) atoms. The summed E-state index contributed by atoms with van der Waals surface area (Å²) in [5, 5.41) is 4.34. The Morgan fingerprint density at radius 1 is 0.950 bits per heavy atom. The number of ether oxygens (including phenoxy) is 3. The summed E-state index contributed by atoms with van der Waals surface area (Å²) in [5.41, 5.74) is 2.63. The maximum Gasteiger partial charge on any atom is 0.344 e. The molecule has 0 aliphatic heterocycles. The van der Waals surface area contributed by atoms with Gasteiger partial charge in [-0.15, -0.1) is 0 Å². The van der Waals surface area contributed by atoms with Crippen molar-refractivity contribution < 1.29 is 32.2 Å². The van der Waals surface area contributed by atoms with Gasteiger partial charge in [-0.3, -0.25) is 9.10 Å². The number of hydrogen-bond donors (Lipinski definition) is 1. The molecule has 3 aromatic carbocycles. The highest BCUT2D eigenvalue weighted by Crippen LogP contribution is 2.26. The summed E-state index contributed by atoms with van der Waals surface area (Å²) in [6.45, 7) is 4.54. The van der Waals surface area contributed by atoms with E-state index >= 15 is 0 Å². The minimum absolute atomic E-state index is 0.0199. The normalized spacial score (nSPS) is 11.6. The number of nitrogens with zero attached hydrogens (tertiary/aromatic N) is 2. The lowest BCUT2D eigenvalue weighted by Gasteiger charge is -2.23. The highest BCUT2D eigenvalue weighted by atomic mass is 35.5. The monoisotopic (exact) mass is 587 g/mol. The molecule has 3 rings (SSSR count). The number of carbonyl (C=O) groups is 2. The maximum atomic E-state index is 13.4. The lowest BCUT2D eigenvalue weighted by atomic mass is 10.2. The van der Waals surface area contributed by atoms with Crippen LogP contribution in [-0.4, -0.2) is 52.4 Å². The topological polar surface area (TPSA) is 124 Å². The Kier molecular flexibility index (Phi) is 10.1. The van der Waals surface area contributed by atoms with Crippen molar-refractivity contribution >= 4 is 45.4 Å². The number of amides is 1. The SMILES string of the molecule is COc1ccc(S(=O)(=O)N(CC(=O)N/N=C/c2ccc(OCC(=O)OC(C)(C)C)cc2)c2ccc(Cl)cc2)cc1. The van der Waals surface area contributed by atoms with E-state index in [0.29, 0.717) is 22.1 Å². The van der Waals surface area contributed by atoms with Gasteiger partial charge < -0.3 is 14.2 Å². The van der Waals surface area contributed by atoms with Gasteiger partial charge in [0.25, 0.3) is 15.9 Å². The van der Waals surface area contributed by atoms with Gasteiger partial charge in [0.05, 0.1) is 23.9 Å². The first-order valence-electron chi connectivity index (χ1n) is 12.1. The third-order valence-electron chi connectivity index (χ3n) is 5.11. The van der Waals surface area contributed by atoms with Crippen LogP contribution in [0.2, 0.25) is 5.02 Å². The van der Waals surface area contributed by atoms with E-state index < -0.39 is 34.0 Å². The molecule has 0 spiro atoms. The zero-order valence-electron chi connectivity index (χ0n) is 22.5. The Bertz CT molecular complexity index is 1440. The highest BCUT2D eigenvalue weighted by Gasteiger charge is 2.27. The molecular formula is C28H30ClN3O7S. The molecule has 1 N–H and O–H groups in total. The summed E-state index contributed by atoms with van der Waals surface area (Å²) in [5.74, 6) is -0.204.